The number of aliphatic hydroxyl groups excluding tert-OH is 1. The van der Waals surface area contributed by atoms with Crippen molar-refractivity contribution in [2.24, 2.45) is 0 Å². The van der Waals surface area contributed by atoms with E-state index in [0.717, 1.165) is 17.0 Å². The fourth-order valence-electron chi connectivity index (χ4n) is 6.57. The van der Waals surface area contributed by atoms with Gasteiger partial charge in [0.15, 0.2) is 0 Å². The molecular formula is C40H49NO6. The monoisotopic (exact) mass is 639 g/mol. The molecule has 0 saturated carbocycles. The molecule has 4 aromatic carbocycles. The third kappa shape index (κ3) is 7.40. The van der Waals surface area contributed by atoms with E-state index in [1.165, 1.54) is 50.1 Å². The first-order chi connectivity index (χ1) is 22.8. The summed E-state index contributed by atoms with van der Waals surface area (Å²) >= 11 is 0. The molecular weight excluding hydrogens is 590 g/mol. The molecule has 0 aliphatic heterocycles. The maximum atomic E-state index is 8.95. The van der Waals surface area contributed by atoms with Crippen LogP contribution in [0.4, 0.5) is 5.69 Å². The quantitative estimate of drug-likeness (QED) is 0.115. The van der Waals surface area contributed by atoms with Crippen LogP contribution in [0.2, 0.25) is 0 Å². The molecule has 7 heteroatoms. The molecule has 0 heterocycles. The molecule has 4 aromatic rings. The van der Waals surface area contributed by atoms with Gasteiger partial charge in [-0.05, 0) is 77.4 Å². The minimum atomic E-state index is -0.544. The second-order valence-electron chi connectivity index (χ2n) is 12.4. The Morgan fingerprint density at radius 1 is 0.638 bits per heavy atom. The van der Waals surface area contributed by atoms with Crippen molar-refractivity contribution in [2.75, 3.05) is 79.0 Å². The zero-order chi connectivity index (χ0) is 33.4. The number of fused-ring (bicyclic) bond motifs is 3. The van der Waals surface area contributed by atoms with Crippen LogP contribution in [0.3, 0.4) is 0 Å². The van der Waals surface area contributed by atoms with Gasteiger partial charge in [0, 0.05) is 21.2 Å². The molecule has 0 radical (unpaired) electrons. The van der Waals surface area contributed by atoms with Crippen LogP contribution in [-0.2, 0) is 31.0 Å². The van der Waals surface area contributed by atoms with Gasteiger partial charge in [-0.1, -0.05) is 71.8 Å². The lowest BCUT2D eigenvalue weighted by molar-refractivity contribution is 0.0273. The number of aliphatic hydroxyl groups is 1. The summed E-state index contributed by atoms with van der Waals surface area (Å²) in [6, 6.07) is 27.2. The molecule has 0 spiro atoms. The SMILES string of the molecule is COCCOCCOc1ccc(C2(c3ccc(COCCOCCO)c(C)c3)c3cc(C)ccc3-c3ccc(C)cc32)cc1N(C)C. The molecule has 1 N–H and O–H groups in total. The average Bonchev–Trinajstić information content (AvgIpc) is 3.34. The Morgan fingerprint density at radius 3 is 1.87 bits per heavy atom. The lowest BCUT2D eigenvalue weighted by Crippen LogP contribution is -2.29. The Labute approximate surface area is 280 Å². The highest BCUT2D eigenvalue weighted by atomic mass is 16.5. The fourth-order valence-corrected chi connectivity index (χ4v) is 6.57. The highest BCUT2D eigenvalue weighted by Crippen LogP contribution is 2.57. The van der Waals surface area contributed by atoms with Gasteiger partial charge in [0.2, 0.25) is 0 Å². The van der Waals surface area contributed by atoms with E-state index in [0.29, 0.717) is 52.9 Å². The summed E-state index contributed by atoms with van der Waals surface area (Å²) < 4.78 is 28.3. The van der Waals surface area contributed by atoms with Crippen molar-refractivity contribution < 1.29 is 28.8 Å². The molecule has 0 saturated heterocycles. The predicted octanol–water partition coefficient (Wildman–Crippen LogP) is 6.61. The highest BCUT2D eigenvalue weighted by Gasteiger charge is 2.46. The van der Waals surface area contributed by atoms with Crippen molar-refractivity contribution >= 4 is 5.69 Å². The molecule has 47 heavy (non-hydrogen) atoms. The Kier molecular flexibility index (Phi) is 11.7. The van der Waals surface area contributed by atoms with Crippen LogP contribution in [0.25, 0.3) is 11.1 Å². The van der Waals surface area contributed by atoms with Crippen molar-refractivity contribution in [3.05, 3.63) is 117 Å². The van der Waals surface area contributed by atoms with Gasteiger partial charge in [-0.25, -0.2) is 0 Å². The summed E-state index contributed by atoms with van der Waals surface area (Å²) in [7, 11) is 5.80. The molecule has 0 bridgehead atoms. The molecule has 0 unspecified atom stereocenters. The van der Waals surface area contributed by atoms with E-state index in [-0.39, 0.29) is 6.61 Å². The first-order valence-corrected chi connectivity index (χ1v) is 16.4. The first kappa shape index (κ1) is 34.6. The Bertz CT molecular complexity index is 1600. The van der Waals surface area contributed by atoms with Crippen LogP contribution >= 0.6 is 0 Å². The van der Waals surface area contributed by atoms with E-state index < -0.39 is 5.41 Å². The Morgan fingerprint density at radius 2 is 1.23 bits per heavy atom. The molecule has 5 rings (SSSR count). The maximum Gasteiger partial charge on any atom is 0.142 e. The van der Waals surface area contributed by atoms with Crippen LogP contribution < -0.4 is 9.64 Å². The molecule has 0 atom stereocenters. The number of benzene rings is 4. The van der Waals surface area contributed by atoms with Gasteiger partial charge in [-0.15, -0.1) is 0 Å². The van der Waals surface area contributed by atoms with Gasteiger partial charge in [0.25, 0.3) is 0 Å². The molecule has 1 aliphatic rings. The Hall–Kier alpha value is -3.72. The van der Waals surface area contributed by atoms with Crippen molar-refractivity contribution in [3.8, 4) is 16.9 Å². The lowest BCUT2D eigenvalue weighted by Gasteiger charge is -2.35. The zero-order valence-electron chi connectivity index (χ0n) is 28.7. The van der Waals surface area contributed by atoms with Gasteiger partial charge < -0.3 is 33.7 Å². The summed E-state index contributed by atoms with van der Waals surface area (Å²) in [5.74, 6) is 0.822. The van der Waals surface area contributed by atoms with Gasteiger partial charge in [0.1, 0.15) is 12.4 Å². The number of hydrogen-bond donors (Lipinski definition) is 1. The van der Waals surface area contributed by atoms with Gasteiger partial charge in [0.05, 0.1) is 64.0 Å². The molecule has 1 aliphatic carbocycles. The standard InChI is InChI=1S/C40H49NO6/c1-28-7-12-34-35-13-8-29(2)24-37(35)40(36(34)23-28,32-10-9-31(30(3)25-32)27-46-20-19-44-16-15-42)33-11-14-39(38(26-33)41(4)5)47-22-21-45-18-17-43-6/h7-14,23-26,42H,15-22,27H2,1-6H3. The first-order valence-electron chi connectivity index (χ1n) is 16.4. The van der Waals surface area contributed by atoms with Gasteiger partial charge in [-0.2, -0.15) is 0 Å². The zero-order valence-corrected chi connectivity index (χ0v) is 28.7. The molecule has 250 valence electrons. The number of anilines is 1. The van der Waals surface area contributed by atoms with E-state index in [2.05, 4.69) is 113 Å². The smallest absolute Gasteiger partial charge is 0.142 e. The Balaban J connectivity index is 1.61. The molecule has 0 amide bonds. The minimum Gasteiger partial charge on any atom is -0.489 e. The van der Waals surface area contributed by atoms with Crippen molar-refractivity contribution in [1.29, 1.82) is 0 Å². The highest BCUT2D eigenvalue weighted by molar-refractivity contribution is 5.87. The molecule has 7 nitrogen and oxygen atoms in total. The fraction of sp³-hybridized carbons (Fsp3) is 0.400. The number of ether oxygens (including phenoxy) is 5. The number of nitrogens with zero attached hydrogens (tertiary/aromatic N) is 1. The summed E-state index contributed by atoms with van der Waals surface area (Å²) in [6.07, 6.45) is 0. The predicted molar refractivity (Wildman–Crippen MR) is 188 cm³/mol. The number of aryl methyl sites for hydroxylation is 3. The van der Waals surface area contributed by atoms with E-state index in [9.17, 15) is 0 Å². The number of rotatable bonds is 17. The van der Waals surface area contributed by atoms with Crippen molar-refractivity contribution in [1.82, 2.24) is 0 Å². The van der Waals surface area contributed by atoms with E-state index in [1.807, 2.05) is 0 Å². The second-order valence-corrected chi connectivity index (χ2v) is 12.4. The summed E-state index contributed by atoms with van der Waals surface area (Å²) in [5, 5.41) is 8.95. The lowest BCUT2D eigenvalue weighted by atomic mass is 9.67. The second kappa shape index (κ2) is 15.9. The summed E-state index contributed by atoms with van der Waals surface area (Å²) in [4.78, 5) is 2.12. The van der Waals surface area contributed by atoms with E-state index >= 15 is 0 Å². The van der Waals surface area contributed by atoms with Gasteiger partial charge >= 0.3 is 0 Å². The summed E-state index contributed by atoms with van der Waals surface area (Å²) in [5.41, 5.74) is 12.7. The summed E-state index contributed by atoms with van der Waals surface area (Å²) in [6.45, 7) is 10.3. The van der Waals surface area contributed by atoms with Crippen LogP contribution in [0.1, 0.15) is 44.5 Å². The third-order valence-electron chi connectivity index (χ3n) is 8.88. The molecule has 0 aromatic heterocycles. The average molecular weight is 640 g/mol. The van der Waals surface area contributed by atoms with Crippen LogP contribution in [0.5, 0.6) is 5.75 Å². The van der Waals surface area contributed by atoms with Crippen molar-refractivity contribution in [3.63, 3.8) is 0 Å². The molecule has 0 fully saturated rings. The largest absolute Gasteiger partial charge is 0.489 e. The van der Waals surface area contributed by atoms with E-state index in [1.54, 1.807) is 7.11 Å². The van der Waals surface area contributed by atoms with Crippen LogP contribution in [0.15, 0.2) is 72.8 Å². The van der Waals surface area contributed by atoms with Gasteiger partial charge in [-0.3, -0.25) is 0 Å². The van der Waals surface area contributed by atoms with Crippen LogP contribution in [-0.4, -0.2) is 79.2 Å². The number of methoxy groups -OCH3 is 1. The third-order valence-corrected chi connectivity index (χ3v) is 8.88. The maximum absolute atomic E-state index is 8.95. The van der Waals surface area contributed by atoms with Crippen LogP contribution in [0, 0.1) is 20.8 Å². The normalized spacial score (nSPS) is 13.0. The topological polar surface area (TPSA) is 69.6 Å². The minimum absolute atomic E-state index is 0.0175. The van der Waals surface area contributed by atoms with E-state index in [4.69, 9.17) is 28.8 Å². The van der Waals surface area contributed by atoms with Crippen molar-refractivity contribution in [2.45, 2.75) is 32.8 Å². The number of hydrogen-bond acceptors (Lipinski definition) is 7.